The number of thiophene rings is 1. The van der Waals surface area contributed by atoms with Crippen molar-refractivity contribution in [1.82, 2.24) is 19.7 Å². The molecule has 2 aromatic heterocycles. The van der Waals surface area contributed by atoms with Crippen LogP contribution in [0.1, 0.15) is 13.8 Å². The highest BCUT2D eigenvalue weighted by Crippen LogP contribution is 2.25. The van der Waals surface area contributed by atoms with Crippen LogP contribution in [0.25, 0.3) is 10.7 Å². The SMILES string of the molecule is CCN(CC)C(=O)CSc1nnc(-c2cccs2)n1C. The summed E-state index contributed by atoms with van der Waals surface area (Å²) in [5, 5.41) is 11.2. The number of nitrogens with zero attached hydrogens (tertiary/aromatic N) is 4. The Balaban J connectivity index is 2.03. The van der Waals surface area contributed by atoms with Crippen molar-refractivity contribution >= 4 is 29.0 Å². The van der Waals surface area contributed by atoms with Crippen molar-refractivity contribution < 1.29 is 4.79 Å². The van der Waals surface area contributed by atoms with E-state index in [4.69, 9.17) is 0 Å². The molecule has 0 N–H and O–H groups in total. The van der Waals surface area contributed by atoms with E-state index in [2.05, 4.69) is 10.2 Å². The summed E-state index contributed by atoms with van der Waals surface area (Å²) in [7, 11) is 1.93. The summed E-state index contributed by atoms with van der Waals surface area (Å²) in [6.07, 6.45) is 0. The van der Waals surface area contributed by atoms with Gasteiger partial charge in [-0.25, -0.2) is 0 Å². The number of hydrogen-bond donors (Lipinski definition) is 0. The number of amides is 1. The second kappa shape index (κ2) is 6.90. The predicted molar refractivity (Wildman–Crippen MR) is 83.0 cm³/mol. The fraction of sp³-hybridized carbons (Fsp3) is 0.462. The highest BCUT2D eigenvalue weighted by atomic mass is 32.2. The molecule has 0 aliphatic rings. The van der Waals surface area contributed by atoms with Gasteiger partial charge < -0.3 is 9.47 Å². The van der Waals surface area contributed by atoms with Gasteiger partial charge in [0.15, 0.2) is 11.0 Å². The molecule has 2 rings (SSSR count). The first-order chi connectivity index (χ1) is 9.67. The van der Waals surface area contributed by atoms with Crippen molar-refractivity contribution in [2.24, 2.45) is 7.05 Å². The summed E-state index contributed by atoms with van der Waals surface area (Å²) in [5.74, 6) is 1.39. The molecule has 0 bridgehead atoms. The third kappa shape index (κ3) is 3.21. The number of carbonyl (C=O) groups excluding carboxylic acids is 1. The van der Waals surface area contributed by atoms with Crippen LogP contribution in [0.3, 0.4) is 0 Å². The minimum atomic E-state index is 0.140. The van der Waals surface area contributed by atoms with Gasteiger partial charge in [-0.1, -0.05) is 17.8 Å². The molecule has 0 unspecified atom stereocenters. The second-order valence-electron chi connectivity index (χ2n) is 4.20. The van der Waals surface area contributed by atoms with Crippen LogP contribution >= 0.6 is 23.1 Å². The van der Waals surface area contributed by atoms with Gasteiger partial charge in [-0.05, 0) is 25.3 Å². The van der Waals surface area contributed by atoms with Crippen LogP contribution in [0.5, 0.6) is 0 Å². The van der Waals surface area contributed by atoms with Gasteiger partial charge in [0.1, 0.15) is 0 Å². The first kappa shape index (κ1) is 15.1. The zero-order valence-electron chi connectivity index (χ0n) is 11.9. The molecule has 5 nitrogen and oxygen atoms in total. The van der Waals surface area contributed by atoms with Gasteiger partial charge in [0, 0.05) is 20.1 Å². The lowest BCUT2D eigenvalue weighted by molar-refractivity contribution is -0.127. The molecule has 20 heavy (non-hydrogen) atoms. The zero-order chi connectivity index (χ0) is 14.5. The van der Waals surface area contributed by atoms with Crippen LogP contribution < -0.4 is 0 Å². The third-order valence-electron chi connectivity index (χ3n) is 3.02. The van der Waals surface area contributed by atoms with Crippen LogP contribution in [0.4, 0.5) is 0 Å². The van der Waals surface area contributed by atoms with Crippen LogP contribution in [0, 0.1) is 0 Å². The van der Waals surface area contributed by atoms with Crippen molar-refractivity contribution in [3.63, 3.8) is 0 Å². The normalized spacial score (nSPS) is 10.8. The Morgan fingerprint density at radius 1 is 1.40 bits per heavy atom. The number of hydrogen-bond acceptors (Lipinski definition) is 5. The summed E-state index contributed by atoms with van der Waals surface area (Å²) >= 11 is 3.07. The number of rotatable bonds is 6. The second-order valence-corrected chi connectivity index (χ2v) is 6.09. The van der Waals surface area contributed by atoms with Gasteiger partial charge >= 0.3 is 0 Å². The molecular weight excluding hydrogens is 292 g/mol. The van der Waals surface area contributed by atoms with E-state index in [1.165, 1.54) is 11.8 Å². The first-order valence-electron chi connectivity index (χ1n) is 6.51. The molecule has 0 aliphatic heterocycles. The van der Waals surface area contributed by atoms with E-state index in [0.29, 0.717) is 5.75 Å². The number of aromatic nitrogens is 3. The average molecular weight is 310 g/mol. The maximum Gasteiger partial charge on any atom is 0.233 e. The minimum absolute atomic E-state index is 0.140. The van der Waals surface area contributed by atoms with E-state index in [-0.39, 0.29) is 5.91 Å². The van der Waals surface area contributed by atoms with E-state index in [0.717, 1.165) is 28.9 Å². The molecule has 0 spiro atoms. The highest BCUT2D eigenvalue weighted by Gasteiger charge is 2.15. The van der Waals surface area contributed by atoms with Gasteiger partial charge in [-0.15, -0.1) is 21.5 Å². The lowest BCUT2D eigenvalue weighted by Crippen LogP contribution is -2.31. The molecule has 0 aromatic carbocycles. The molecule has 0 radical (unpaired) electrons. The Labute approximate surface area is 127 Å². The number of carbonyl (C=O) groups is 1. The molecule has 0 atom stereocenters. The van der Waals surface area contributed by atoms with Crippen molar-refractivity contribution in [3.05, 3.63) is 17.5 Å². The zero-order valence-corrected chi connectivity index (χ0v) is 13.5. The molecule has 2 aromatic rings. The Kier molecular flexibility index (Phi) is 5.19. The Morgan fingerprint density at radius 3 is 2.75 bits per heavy atom. The Bertz CT molecular complexity index is 561. The summed E-state index contributed by atoms with van der Waals surface area (Å²) in [6.45, 7) is 5.47. The highest BCUT2D eigenvalue weighted by molar-refractivity contribution is 7.99. The van der Waals surface area contributed by atoms with E-state index in [9.17, 15) is 4.79 Å². The summed E-state index contributed by atoms with van der Waals surface area (Å²) in [4.78, 5) is 14.9. The molecule has 0 fully saturated rings. The van der Waals surface area contributed by atoms with Gasteiger partial charge in [-0.3, -0.25) is 4.79 Å². The topological polar surface area (TPSA) is 51.0 Å². The fourth-order valence-electron chi connectivity index (χ4n) is 1.85. The smallest absolute Gasteiger partial charge is 0.233 e. The Morgan fingerprint density at radius 2 is 2.15 bits per heavy atom. The summed E-state index contributed by atoms with van der Waals surface area (Å²) in [6, 6.07) is 4.01. The van der Waals surface area contributed by atoms with Gasteiger partial charge in [0.05, 0.1) is 10.6 Å². The van der Waals surface area contributed by atoms with E-state index in [1.807, 2.05) is 47.9 Å². The van der Waals surface area contributed by atoms with Crippen molar-refractivity contribution in [3.8, 4) is 10.7 Å². The fourth-order valence-corrected chi connectivity index (χ4v) is 3.41. The van der Waals surface area contributed by atoms with Crippen molar-refractivity contribution in [2.75, 3.05) is 18.8 Å². The molecule has 7 heteroatoms. The van der Waals surface area contributed by atoms with Crippen LogP contribution in [-0.2, 0) is 11.8 Å². The maximum atomic E-state index is 12.0. The molecular formula is C13H18N4OS2. The largest absolute Gasteiger partial charge is 0.343 e. The Hall–Kier alpha value is -1.34. The molecule has 2 heterocycles. The molecule has 0 aliphatic carbocycles. The monoisotopic (exact) mass is 310 g/mol. The average Bonchev–Trinajstić information content (AvgIpc) is 3.07. The third-order valence-corrected chi connectivity index (χ3v) is 4.89. The lowest BCUT2D eigenvalue weighted by atomic mass is 10.4. The first-order valence-corrected chi connectivity index (χ1v) is 8.37. The number of thioether (sulfide) groups is 1. The van der Waals surface area contributed by atoms with Crippen molar-refractivity contribution in [1.29, 1.82) is 0 Å². The van der Waals surface area contributed by atoms with Gasteiger partial charge in [-0.2, -0.15) is 0 Å². The van der Waals surface area contributed by atoms with E-state index in [1.54, 1.807) is 11.3 Å². The van der Waals surface area contributed by atoms with Crippen LogP contribution in [-0.4, -0.2) is 44.4 Å². The molecule has 0 saturated carbocycles. The van der Waals surface area contributed by atoms with E-state index < -0.39 is 0 Å². The van der Waals surface area contributed by atoms with Crippen LogP contribution in [0.2, 0.25) is 0 Å². The maximum absolute atomic E-state index is 12.0. The van der Waals surface area contributed by atoms with Gasteiger partial charge in [0.25, 0.3) is 0 Å². The van der Waals surface area contributed by atoms with Crippen LogP contribution in [0.15, 0.2) is 22.7 Å². The van der Waals surface area contributed by atoms with E-state index >= 15 is 0 Å². The minimum Gasteiger partial charge on any atom is -0.343 e. The molecule has 1 amide bonds. The molecule has 108 valence electrons. The summed E-state index contributed by atoms with van der Waals surface area (Å²) in [5.41, 5.74) is 0. The quantitative estimate of drug-likeness (QED) is 0.769. The standard InChI is InChI=1S/C13H18N4OS2/c1-4-17(5-2)11(18)9-20-13-15-14-12(16(13)3)10-7-6-8-19-10/h6-8H,4-5,9H2,1-3H3. The lowest BCUT2D eigenvalue weighted by Gasteiger charge is -2.17. The molecule has 0 saturated heterocycles. The van der Waals surface area contributed by atoms with Gasteiger partial charge in [0.2, 0.25) is 5.91 Å². The summed E-state index contributed by atoms with van der Waals surface area (Å²) < 4.78 is 1.94. The predicted octanol–water partition coefficient (Wildman–Crippen LogP) is 2.50. The van der Waals surface area contributed by atoms with Crippen molar-refractivity contribution in [2.45, 2.75) is 19.0 Å².